The normalized spacial score (nSPS) is 17.6. The maximum Gasteiger partial charge on any atom is 0.261 e. The molecule has 0 fully saturated rings. The Morgan fingerprint density at radius 2 is 1.92 bits per heavy atom. The average Bonchev–Trinajstić information content (AvgIpc) is 2.64. The number of hydrogen-bond donors (Lipinski definition) is 2. The number of amides is 1. The summed E-state index contributed by atoms with van der Waals surface area (Å²) in [4.78, 5) is 12.7. The largest absolute Gasteiger partial charge is 0.325 e. The van der Waals surface area contributed by atoms with Crippen LogP contribution in [-0.2, 0) is 14.8 Å². The number of fused-ring (bicyclic) bond motifs is 1. The predicted molar refractivity (Wildman–Crippen MR) is 92.2 cm³/mol. The number of carbonyl (C=O) groups is 1. The smallest absolute Gasteiger partial charge is 0.261 e. The van der Waals surface area contributed by atoms with Crippen molar-refractivity contribution >= 4 is 39.1 Å². The van der Waals surface area contributed by atoms with Crippen molar-refractivity contribution in [2.24, 2.45) is 0 Å². The third-order valence-corrected chi connectivity index (χ3v) is 5.99. The molecule has 2 aromatic carbocycles. The molecule has 1 amide bonds. The van der Waals surface area contributed by atoms with Crippen LogP contribution in [0.5, 0.6) is 0 Å². The highest BCUT2D eigenvalue weighted by atomic mass is 32.2. The average molecular weight is 366 g/mol. The molecule has 1 aliphatic rings. The standard InChI is InChI=1S/C16H15FN2O3S2/c1-10-8-16(20)18-14-9-13(6-7-15(14)23-10)24(21,22)19-12-4-2-11(17)3-5-12/h2-7,9-10,19H,8H2,1H3,(H,18,20)/t10-/m1/s1. The van der Waals surface area contributed by atoms with E-state index in [2.05, 4.69) is 10.0 Å². The van der Waals surface area contributed by atoms with E-state index in [1.54, 1.807) is 6.07 Å². The van der Waals surface area contributed by atoms with Gasteiger partial charge in [-0.2, -0.15) is 0 Å². The Morgan fingerprint density at radius 1 is 1.21 bits per heavy atom. The lowest BCUT2D eigenvalue weighted by molar-refractivity contribution is -0.116. The molecule has 0 radical (unpaired) electrons. The molecule has 8 heteroatoms. The van der Waals surface area contributed by atoms with Gasteiger partial charge in [0, 0.05) is 22.3 Å². The van der Waals surface area contributed by atoms with E-state index >= 15 is 0 Å². The quantitative estimate of drug-likeness (QED) is 0.872. The highest BCUT2D eigenvalue weighted by molar-refractivity contribution is 8.00. The van der Waals surface area contributed by atoms with Gasteiger partial charge in [0.05, 0.1) is 10.6 Å². The predicted octanol–water partition coefficient (Wildman–Crippen LogP) is 3.45. The zero-order valence-corrected chi connectivity index (χ0v) is 14.4. The fraction of sp³-hybridized carbons (Fsp3) is 0.188. The van der Waals surface area contributed by atoms with Crippen LogP contribution in [0, 0.1) is 5.82 Å². The van der Waals surface area contributed by atoms with Crippen LogP contribution >= 0.6 is 11.8 Å². The molecule has 5 nitrogen and oxygen atoms in total. The summed E-state index contributed by atoms with van der Waals surface area (Å²) in [5, 5.41) is 2.85. The molecule has 0 aromatic heterocycles. The molecule has 0 saturated heterocycles. The fourth-order valence-electron chi connectivity index (χ4n) is 2.33. The third kappa shape index (κ3) is 3.70. The molecule has 1 aliphatic heterocycles. The van der Waals surface area contributed by atoms with E-state index in [0.717, 1.165) is 4.90 Å². The van der Waals surface area contributed by atoms with Gasteiger partial charge in [0.15, 0.2) is 0 Å². The van der Waals surface area contributed by atoms with Crippen LogP contribution in [0.1, 0.15) is 13.3 Å². The summed E-state index contributed by atoms with van der Waals surface area (Å²) >= 11 is 1.52. The van der Waals surface area contributed by atoms with Gasteiger partial charge in [-0.25, -0.2) is 12.8 Å². The maximum atomic E-state index is 12.9. The van der Waals surface area contributed by atoms with Gasteiger partial charge < -0.3 is 5.32 Å². The Morgan fingerprint density at radius 3 is 2.62 bits per heavy atom. The minimum atomic E-state index is -3.84. The van der Waals surface area contributed by atoms with E-state index in [1.165, 1.54) is 48.2 Å². The van der Waals surface area contributed by atoms with Gasteiger partial charge in [-0.15, -0.1) is 11.8 Å². The van der Waals surface area contributed by atoms with Crippen LogP contribution in [0.15, 0.2) is 52.3 Å². The van der Waals surface area contributed by atoms with E-state index in [4.69, 9.17) is 0 Å². The van der Waals surface area contributed by atoms with Crippen LogP contribution in [0.25, 0.3) is 0 Å². The summed E-state index contributed by atoms with van der Waals surface area (Å²) in [6, 6.07) is 9.64. The minimum Gasteiger partial charge on any atom is -0.325 e. The van der Waals surface area contributed by atoms with E-state index in [0.29, 0.717) is 12.1 Å². The van der Waals surface area contributed by atoms with Gasteiger partial charge in [-0.1, -0.05) is 6.92 Å². The summed E-state index contributed by atoms with van der Waals surface area (Å²) in [6.45, 7) is 1.94. The van der Waals surface area contributed by atoms with E-state index < -0.39 is 15.8 Å². The lowest BCUT2D eigenvalue weighted by Gasteiger charge is -2.12. The molecule has 0 unspecified atom stereocenters. The van der Waals surface area contributed by atoms with Crippen LogP contribution in [0.3, 0.4) is 0 Å². The number of hydrogen-bond acceptors (Lipinski definition) is 4. The Hall–Kier alpha value is -2.06. The van der Waals surface area contributed by atoms with Crippen molar-refractivity contribution in [1.82, 2.24) is 0 Å². The number of anilines is 2. The molecular formula is C16H15FN2O3S2. The summed E-state index contributed by atoms with van der Waals surface area (Å²) in [5.41, 5.74) is 0.745. The van der Waals surface area contributed by atoms with Crippen molar-refractivity contribution in [3.63, 3.8) is 0 Å². The molecule has 0 saturated carbocycles. The van der Waals surface area contributed by atoms with Gasteiger partial charge in [-0.3, -0.25) is 9.52 Å². The minimum absolute atomic E-state index is 0.0287. The van der Waals surface area contributed by atoms with E-state index in [9.17, 15) is 17.6 Å². The van der Waals surface area contributed by atoms with Gasteiger partial charge >= 0.3 is 0 Å². The Labute approximate surface area is 143 Å². The number of benzene rings is 2. The lowest BCUT2D eigenvalue weighted by Crippen LogP contribution is -2.15. The Kier molecular flexibility index (Phi) is 4.51. The van der Waals surface area contributed by atoms with Crippen molar-refractivity contribution in [1.29, 1.82) is 0 Å². The first kappa shape index (κ1) is 16.8. The molecule has 1 heterocycles. The molecule has 2 aromatic rings. The molecule has 2 N–H and O–H groups in total. The molecule has 1 atom stereocenters. The topological polar surface area (TPSA) is 75.3 Å². The number of rotatable bonds is 3. The lowest BCUT2D eigenvalue weighted by atomic mass is 10.3. The first-order chi connectivity index (χ1) is 11.3. The highest BCUT2D eigenvalue weighted by Gasteiger charge is 2.22. The second kappa shape index (κ2) is 6.45. The fourth-order valence-corrected chi connectivity index (χ4v) is 4.47. The zero-order valence-electron chi connectivity index (χ0n) is 12.7. The second-order valence-electron chi connectivity index (χ2n) is 5.45. The number of sulfonamides is 1. The third-order valence-electron chi connectivity index (χ3n) is 3.43. The van der Waals surface area contributed by atoms with E-state index in [-0.39, 0.29) is 21.7 Å². The van der Waals surface area contributed by atoms with Crippen LogP contribution < -0.4 is 10.0 Å². The monoisotopic (exact) mass is 366 g/mol. The van der Waals surface area contributed by atoms with Crippen LogP contribution in [-0.4, -0.2) is 19.6 Å². The molecule has 126 valence electrons. The Bertz CT molecular complexity index is 883. The Balaban J connectivity index is 1.91. The number of thioether (sulfide) groups is 1. The van der Waals surface area contributed by atoms with Crippen LogP contribution in [0.4, 0.5) is 15.8 Å². The highest BCUT2D eigenvalue weighted by Crippen LogP contribution is 2.36. The molecule has 0 spiro atoms. The van der Waals surface area contributed by atoms with Crippen LogP contribution in [0.2, 0.25) is 0 Å². The number of carbonyl (C=O) groups excluding carboxylic acids is 1. The van der Waals surface area contributed by atoms with Gasteiger partial charge in [-0.05, 0) is 42.5 Å². The SMILES string of the molecule is C[C@@H]1CC(=O)Nc2cc(S(=O)(=O)Nc3ccc(F)cc3)ccc2S1. The van der Waals surface area contributed by atoms with Crippen molar-refractivity contribution in [2.75, 3.05) is 10.0 Å². The molecule has 0 aliphatic carbocycles. The summed E-state index contributed by atoms with van der Waals surface area (Å²) in [5.74, 6) is -0.591. The summed E-state index contributed by atoms with van der Waals surface area (Å²) in [7, 11) is -3.84. The van der Waals surface area contributed by atoms with Crippen molar-refractivity contribution < 1.29 is 17.6 Å². The molecule has 3 rings (SSSR count). The number of nitrogens with one attached hydrogen (secondary N) is 2. The van der Waals surface area contributed by atoms with Gasteiger partial charge in [0.2, 0.25) is 5.91 Å². The van der Waals surface area contributed by atoms with Crippen molar-refractivity contribution in [2.45, 2.75) is 28.4 Å². The molecule has 0 bridgehead atoms. The van der Waals surface area contributed by atoms with Gasteiger partial charge in [0.25, 0.3) is 10.0 Å². The first-order valence-electron chi connectivity index (χ1n) is 7.22. The maximum absolute atomic E-state index is 12.9. The van der Waals surface area contributed by atoms with E-state index in [1.807, 2.05) is 6.92 Å². The zero-order chi connectivity index (χ0) is 17.3. The number of halogens is 1. The van der Waals surface area contributed by atoms with Crippen molar-refractivity contribution in [3.05, 3.63) is 48.3 Å². The second-order valence-corrected chi connectivity index (χ2v) is 8.61. The summed E-state index contributed by atoms with van der Waals surface area (Å²) in [6.07, 6.45) is 0.370. The summed E-state index contributed by atoms with van der Waals surface area (Å²) < 4.78 is 40.3. The molecular weight excluding hydrogens is 351 g/mol. The van der Waals surface area contributed by atoms with Gasteiger partial charge in [0.1, 0.15) is 5.82 Å². The van der Waals surface area contributed by atoms with Crippen molar-refractivity contribution in [3.8, 4) is 0 Å². The first-order valence-corrected chi connectivity index (χ1v) is 9.59. The molecule has 24 heavy (non-hydrogen) atoms.